The van der Waals surface area contributed by atoms with Crippen LogP contribution in [0.3, 0.4) is 0 Å². The van der Waals surface area contributed by atoms with E-state index in [9.17, 15) is 0 Å². The lowest BCUT2D eigenvalue weighted by Crippen LogP contribution is -2.13. The molecule has 0 amide bonds. The zero-order valence-electron chi connectivity index (χ0n) is 11.3. The van der Waals surface area contributed by atoms with Gasteiger partial charge in [-0.05, 0) is 35.4 Å². The molecular weight excluding hydrogens is 348 g/mol. The van der Waals surface area contributed by atoms with Crippen molar-refractivity contribution >= 4 is 38.4 Å². The number of hydrogen-bond donors (Lipinski definition) is 1. The van der Waals surface area contributed by atoms with Crippen molar-refractivity contribution in [3.63, 3.8) is 0 Å². The molecule has 0 spiro atoms. The van der Waals surface area contributed by atoms with Crippen LogP contribution in [0.1, 0.15) is 11.1 Å². The van der Waals surface area contributed by atoms with Crippen molar-refractivity contribution in [1.29, 1.82) is 0 Å². The van der Waals surface area contributed by atoms with E-state index in [4.69, 9.17) is 11.6 Å². The first kappa shape index (κ1) is 14.5. The van der Waals surface area contributed by atoms with E-state index in [1.807, 2.05) is 30.5 Å². The van der Waals surface area contributed by atoms with E-state index in [-0.39, 0.29) is 0 Å². The van der Waals surface area contributed by atoms with Gasteiger partial charge in [0.1, 0.15) is 0 Å². The van der Waals surface area contributed by atoms with Gasteiger partial charge in [0, 0.05) is 34.2 Å². The summed E-state index contributed by atoms with van der Waals surface area (Å²) in [6.45, 7) is 1.48. The smallest absolute Gasteiger partial charge is 0.0746 e. The molecule has 4 heteroatoms. The number of pyridine rings is 1. The third-order valence-electron chi connectivity index (χ3n) is 3.35. The Kier molecular flexibility index (Phi) is 4.54. The number of benzene rings is 2. The Labute approximate surface area is 137 Å². The van der Waals surface area contributed by atoms with Crippen molar-refractivity contribution in [2.45, 2.75) is 13.1 Å². The van der Waals surface area contributed by atoms with E-state index >= 15 is 0 Å². The Morgan fingerprint density at radius 2 is 1.81 bits per heavy atom. The number of hydrogen-bond acceptors (Lipinski definition) is 2. The first-order chi connectivity index (χ1) is 10.2. The van der Waals surface area contributed by atoms with Crippen LogP contribution in [-0.2, 0) is 13.1 Å². The monoisotopic (exact) mass is 360 g/mol. The van der Waals surface area contributed by atoms with Crippen molar-refractivity contribution < 1.29 is 0 Å². The molecule has 0 aliphatic rings. The number of nitrogens with one attached hydrogen (secondary N) is 1. The molecule has 3 aromatic rings. The van der Waals surface area contributed by atoms with E-state index in [1.165, 1.54) is 5.56 Å². The molecule has 0 radical (unpaired) electrons. The summed E-state index contributed by atoms with van der Waals surface area (Å²) < 4.78 is 1.04. The fraction of sp³-hybridized carbons (Fsp3) is 0.118. The SMILES string of the molecule is Clc1ccc(Br)cc1CNCc1cccc2cccnc12. The molecule has 0 saturated carbocycles. The summed E-state index contributed by atoms with van der Waals surface area (Å²) >= 11 is 9.67. The van der Waals surface area contributed by atoms with Crippen molar-refractivity contribution in [1.82, 2.24) is 10.3 Å². The standard InChI is InChI=1S/C17H14BrClN2/c18-15-6-7-16(19)14(9-15)11-20-10-13-4-1-3-12-5-2-8-21-17(12)13/h1-9,20H,10-11H2. The van der Waals surface area contributed by atoms with Gasteiger partial charge >= 0.3 is 0 Å². The van der Waals surface area contributed by atoms with Gasteiger partial charge in [-0.1, -0.05) is 51.8 Å². The molecule has 0 saturated heterocycles. The highest BCUT2D eigenvalue weighted by molar-refractivity contribution is 9.10. The van der Waals surface area contributed by atoms with Crippen LogP contribution in [0.4, 0.5) is 0 Å². The van der Waals surface area contributed by atoms with Crippen LogP contribution in [0.5, 0.6) is 0 Å². The minimum absolute atomic E-state index is 0.724. The van der Waals surface area contributed by atoms with Crippen LogP contribution < -0.4 is 5.32 Å². The van der Waals surface area contributed by atoms with Crippen molar-refractivity contribution in [3.05, 3.63) is 75.4 Å². The van der Waals surface area contributed by atoms with Gasteiger partial charge in [-0.3, -0.25) is 4.98 Å². The summed E-state index contributed by atoms with van der Waals surface area (Å²) in [5, 5.41) is 5.38. The normalized spacial score (nSPS) is 11.0. The maximum atomic E-state index is 6.20. The van der Waals surface area contributed by atoms with Crippen LogP contribution in [0.25, 0.3) is 10.9 Å². The van der Waals surface area contributed by atoms with Gasteiger partial charge in [-0.25, -0.2) is 0 Å². The maximum absolute atomic E-state index is 6.20. The lowest BCUT2D eigenvalue weighted by molar-refractivity contribution is 0.695. The molecule has 0 fully saturated rings. The predicted molar refractivity (Wildman–Crippen MR) is 91.4 cm³/mol. The summed E-state index contributed by atoms with van der Waals surface area (Å²) in [5.74, 6) is 0. The fourth-order valence-electron chi connectivity index (χ4n) is 2.32. The number of aromatic nitrogens is 1. The minimum Gasteiger partial charge on any atom is -0.308 e. The molecule has 0 unspecified atom stereocenters. The molecule has 0 aliphatic heterocycles. The Balaban J connectivity index is 1.74. The molecule has 21 heavy (non-hydrogen) atoms. The second kappa shape index (κ2) is 6.56. The van der Waals surface area contributed by atoms with Crippen molar-refractivity contribution in [2.24, 2.45) is 0 Å². The van der Waals surface area contributed by atoms with Gasteiger partial charge in [0.25, 0.3) is 0 Å². The zero-order valence-corrected chi connectivity index (χ0v) is 13.7. The predicted octanol–water partition coefficient (Wildman–Crippen LogP) is 4.94. The second-order valence-corrected chi connectivity index (χ2v) is 6.15. The number of rotatable bonds is 4. The summed E-state index contributed by atoms with van der Waals surface area (Å²) in [7, 11) is 0. The first-order valence-electron chi connectivity index (χ1n) is 6.71. The molecule has 106 valence electrons. The summed E-state index contributed by atoms with van der Waals surface area (Å²) in [6.07, 6.45) is 1.83. The molecule has 3 rings (SSSR count). The maximum Gasteiger partial charge on any atom is 0.0746 e. The first-order valence-corrected chi connectivity index (χ1v) is 7.88. The topological polar surface area (TPSA) is 24.9 Å². The van der Waals surface area contributed by atoms with Gasteiger partial charge in [0.05, 0.1) is 5.52 Å². The molecule has 1 aromatic heterocycles. The second-order valence-electron chi connectivity index (χ2n) is 4.83. The van der Waals surface area contributed by atoms with Gasteiger partial charge in [-0.15, -0.1) is 0 Å². The van der Waals surface area contributed by atoms with Crippen LogP contribution >= 0.6 is 27.5 Å². The van der Waals surface area contributed by atoms with E-state index in [2.05, 4.69) is 50.5 Å². The lowest BCUT2D eigenvalue weighted by atomic mass is 10.1. The minimum atomic E-state index is 0.724. The number of para-hydroxylation sites is 1. The van der Waals surface area contributed by atoms with Gasteiger partial charge < -0.3 is 5.32 Å². The highest BCUT2D eigenvalue weighted by atomic mass is 79.9. The van der Waals surface area contributed by atoms with E-state index in [1.54, 1.807) is 0 Å². The Morgan fingerprint density at radius 3 is 2.71 bits per heavy atom. The average molecular weight is 362 g/mol. The fourth-order valence-corrected chi connectivity index (χ4v) is 2.91. The average Bonchev–Trinajstić information content (AvgIpc) is 2.51. The van der Waals surface area contributed by atoms with Gasteiger partial charge in [-0.2, -0.15) is 0 Å². The molecule has 0 bridgehead atoms. The van der Waals surface area contributed by atoms with Gasteiger partial charge in [0.15, 0.2) is 0 Å². The zero-order chi connectivity index (χ0) is 14.7. The molecule has 0 atom stereocenters. The highest BCUT2D eigenvalue weighted by Gasteiger charge is 2.03. The summed E-state index contributed by atoms with van der Waals surface area (Å²) in [4.78, 5) is 4.46. The van der Waals surface area contributed by atoms with Crippen LogP contribution in [0.2, 0.25) is 5.02 Å². The summed E-state index contributed by atoms with van der Waals surface area (Å²) in [6, 6.07) is 16.2. The lowest BCUT2D eigenvalue weighted by Gasteiger charge is -2.09. The molecular formula is C17H14BrClN2. The Bertz CT molecular complexity index is 768. The molecule has 1 heterocycles. The Hall–Kier alpha value is -1.42. The molecule has 0 aliphatic carbocycles. The quantitative estimate of drug-likeness (QED) is 0.712. The highest BCUT2D eigenvalue weighted by Crippen LogP contribution is 2.21. The number of nitrogens with zero attached hydrogens (tertiary/aromatic N) is 1. The molecule has 2 aromatic carbocycles. The number of halogens is 2. The van der Waals surface area contributed by atoms with Crippen molar-refractivity contribution in [3.8, 4) is 0 Å². The van der Waals surface area contributed by atoms with Crippen LogP contribution in [0, 0.1) is 0 Å². The van der Waals surface area contributed by atoms with E-state index in [0.29, 0.717) is 0 Å². The molecule has 2 nitrogen and oxygen atoms in total. The summed E-state index contributed by atoms with van der Waals surface area (Å²) in [5.41, 5.74) is 3.33. The third kappa shape index (κ3) is 3.43. The van der Waals surface area contributed by atoms with E-state index < -0.39 is 0 Å². The number of fused-ring (bicyclic) bond motifs is 1. The van der Waals surface area contributed by atoms with Crippen LogP contribution in [0.15, 0.2) is 59.2 Å². The molecule has 1 N–H and O–H groups in total. The largest absolute Gasteiger partial charge is 0.308 e. The Morgan fingerprint density at radius 1 is 1.00 bits per heavy atom. The van der Waals surface area contributed by atoms with Gasteiger partial charge in [0.2, 0.25) is 0 Å². The van der Waals surface area contributed by atoms with Crippen molar-refractivity contribution in [2.75, 3.05) is 0 Å². The van der Waals surface area contributed by atoms with E-state index in [0.717, 1.165) is 39.1 Å². The van der Waals surface area contributed by atoms with Crippen LogP contribution in [-0.4, -0.2) is 4.98 Å². The third-order valence-corrected chi connectivity index (χ3v) is 4.22.